The normalized spacial score (nSPS) is 18.2. The van der Waals surface area contributed by atoms with Gasteiger partial charge in [0.05, 0.1) is 32.9 Å². The molecule has 1 atom stereocenters. The third kappa shape index (κ3) is 7.49. The highest BCUT2D eigenvalue weighted by atomic mass is 35.5. The quantitative estimate of drug-likeness (QED) is 0.205. The van der Waals surface area contributed by atoms with Gasteiger partial charge < -0.3 is 26.4 Å². The zero-order valence-corrected chi connectivity index (χ0v) is 26.9. The van der Waals surface area contributed by atoms with E-state index in [0.29, 0.717) is 52.1 Å². The van der Waals surface area contributed by atoms with Crippen LogP contribution in [0.1, 0.15) is 52.0 Å². The second-order valence-corrected chi connectivity index (χ2v) is 13.4. The number of nitrogens with zero attached hydrogens (tertiary/aromatic N) is 3. The first-order valence-electron chi connectivity index (χ1n) is 15.1. The van der Waals surface area contributed by atoms with Crippen LogP contribution in [0.2, 0.25) is 10.0 Å². The molecule has 2 aromatic carbocycles. The Morgan fingerprint density at radius 1 is 1.11 bits per heavy atom. The Morgan fingerprint density at radius 2 is 1.82 bits per heavy atom. The molecule has 8 nitrogen and oxygen atoms in total. The molecule has 2 fully saturated rings. The number of hydrogen-bond donors (Lipinski definition) is 4. The second kappa shape index (κ2) is 13.8. The number of fused-ring (bicyclic) bond motifs is 1. The summed E-state index contributed by atoms with van der Waals surface area (Å²) in [7, 11) is 0. The highest BCUT2D eigenvalue weighted by molar-refractivity contribution is 6.36. The summed E-state index contributed by atoms with van der Waals surface area (Å²) in [5, 5.41) is 21.4. The number of nitrogens with two attached hydrogens (primary N) is 1. The molecule has 234 valence electrons. The maximum absolute atomic E-state index is 13.8. The van der Waals surface area contributed by atoms with Crippen molar-refractivity contribution in [3.63, 3.8) is 0 Å². The minimum atomic E-state index is -0.526. The third-order valence-electron chi connectivity index (χ3n) is 8.58. The van der Waals surface area contributed by atoms with Gasteiger partial charge >= 0.3 is 0 Å². The van der Waals surface area contributed by atoms with Crippen LogP contribution in [-0.4, -0.2) is 53.8 Å². The lowest BCUT2D eigenvalue weighted by molar-refractivity contribution is 0.0634. The van der Waals surface area contributed by atoms with Crippen molar-refractivity contribution >= 4 is 51.2 Å². The first kappa shape index (κ1) is 32.1. The number of rotatable bonds is 8. The van der Waals surface area contributed by atoms with Gasteiger partial charge in [0.1, 0.15) is 11.9 Å². The average molecular weight is 641 g/mol. The van der Waals surface area contributed by atoms with Crippen LogP contribution in [0.3, 0.4) is 0 Å². The van der Waals surface area contributed by atoms with E-state index in [-0.39, 0.29) is 22.5 Å². The number of halogens is 3. The average Bonchev–Trinajstić information content (AvgIpc) is 3.01. The van der Waals surface area contributed by atoms with Crippen molar-refractivity contribution in [1.82, 2.24) is 15.2 Å². The van der Waals surface area contributed by atoms with Gasteiger partial charge in [0.2, 0.25) is 0 Å². The van der Waals surface area contributed by atoms with E-state index in [0.717, 1.165) is 50.2 Å². The monoisotopic (exact) mass is 639 g/mol. The maximum atomic E-state index is 13.8. The fourth-order valence-corrected chi connectivity index (χ4v) is 6.45. The van der Waals surface area contributed by atoms with Crippen molar-refractivity contribution in [2.45, 2.75) is 64.1 Å². The second-order valence-electron chi connectivity index (χ2n) is 12.6. The smallest absolute Gasteiger partial charge is 0.141 e. The van der Waals surface area contributed by atoms with Crippen molar-refractivity contribution in [1.29, 1.82) is 5.26 Å². The summed E-state index contributed by atoms with van der Waals surface area (Å²) in [4.78, 5) is 6.98. The van der Waals surface area contributed by atoms with Gasteiger partial charge in [-0.25, -0.2) is 4.39 Å². The minimum Gasteiger partial charge on any atom is -0.399 e. The summed E-state index contributed by atoms with van der Waals surface area (Å²) < 4.78 is 19.5. The summed E-state index contributed by atoms with van der Waals surface area (Å²) in [6, 6.07) is 10.4. The molecule has 3 heterocycles. The van der Waals surface area contributed by atoms with E-state index in [9.17, 15) is 9.65 Å². The molecule has 5 rings (SSSR count). The van der Waals surface area contributed by atoms with E-state index in [2.05, 4.69) is 52.7 Å². The molecule has 0 aliphatic carbocycles. The number of benzene rings is 2. The zero-order valence-electron chi connectivity index (χ0n) is 25.4. The predicted octanol–water partition coefficient (Wildman–Crippen LogP) is 7.16. The fraction of sp³-hybridized carbons (Fsp3) is 0.455. The van der Waals surface area contributed by atoms with Gasteiger partial charge in [0, 0.05) is 72.7 Å². The van der Waals surface area contributed by atoms with Crippen LogP contribution in [0.15, 0.2) is 48.4 Å². The topological polar surface area (TPSA) is 111 Å². The number of ether oxygens (including phenoxy) is 1. The molecule has 0 amide bonds. The molecule has 44 heavy (non-hydrogen) atoms. The minimum absolute atomic E-state index is 0.0258. The number of pyridine rings is 1. The number of nitrogens with one attached hydrogen (secondary N) is 3. The summed E-state index contributed by atoms with van der Waals surface area (Å²) in [5.74, 6) is -0.275. The van der Waals surface area contributed by atoms with Gasteiger partial charge in [-0.15, -0.1) is 0 Å². The molecule has 2 saturated heterocycles. The van der Waals surface area contributed by atoms with Crippen molar-refractivity contribution in [2.24, 2.45) is 11.7 Å². The van der Waals surface area contributed by atoms with Crippen molar-refractivity contribution in [3.8, 4) is 6.07 Å². The molecule has 0 spiro atoms. The molecule has 2 aliphatic rings. The van der Waals surface area contributed by atoms with E-state index in [1.807, 2.05) is 18.3 Å². The molecule has 3 aromatic rings. The Kier molecular flexibility index (Phi) is 10.1. The van der Waals surface area contributed by atoms with Gasteiger partial charge in [-0.2, -0.15) is 5.26 Å². The van der Waals surface area contributed by atoms with Crippen LogP contribution >= 0.6 is 23.2 Å². The SMILES string of the molecule is CC(C)(C)N1CCC(N/C=C(\N)C(Nc2cc(Cl)c3ncc(C#N)c(Nc4ccc(F)c(Cl)c4)c3c2)C2CCOCC2)CC1. The molecule has 0 radical (unpaired) electrons. The number of piperidine rings is 1. The molecule has 0 bridgehead atoms. The van der Waals surface area contributed by atoms with E-state index in [1.54, 1.807) is 6.07 Å². The lowest BCUT2D eigenvalue weighted by atomic mass is 9.89. The maximum Gasteiger partial charge on any atom is 0.141 e. The summed E-state index contributed by atoms with van der Waals surface area (Å²) in [6.07, 6.45) is 7.29. The Bertz CT molecular complexity index is 1550. The van der Waals surface area contributed by atoms with Gasteiger partial charge in [-0.3, -0.25) is 9.88 Å². The molecular formula is C33H40Cl2FN7O. The van der Waals surface area contributed by atoms with Crippen LogP contribution in [0.4, 0.5) is 21.5 Å². The van der Waals surface area contributed by atoms with Crippen LogP contribution in [0, 0.1) is 23.1 Å². The molecule has 1 unspecified atom stereocenters. The summed E-state index contributed by atoms with van der Waals surface area (Å²) in [5.41, 5.74) is 10.3. The van der Waals surface area contributed by atoms with Crippen molar-refractivity contribution in [3.05, 3.63) is 69.9 Å². The Hall–Kier alpha value is -3.29. The van der Waals surface area contributed by atoms with E-state index < -0.39 is 5.82 Å². The molecule has 2 aliphatic heterocycles. The van der Waals surface area contributed by atoms with Gasteiger partial charge in [-0.05, 0) is 82.7 Å². The van der Waals surface area contributed by atoms with E-state index >= 15 is 0 Å². The summed E-state index contributed by atoms with van der Waals surface area (Å²) >= 11 is 12.8. The van der Waals surface area contributed by atoms with E-state index in [4.69, 9.17) is 33.7 Å². The van der Waals surface area contributed by atoms with Gasteiger partial charge in [0.25, 0.3) is 0 Å². The molecular weight excluding hydrogens is 600 g/mol. The zero-order chi connectivity index (χ0) is 31.4. The molecule has 1 aromatic heterocycles. The molecule has 0 saturated carbocycles. The Balaban J connectivity index is 1.43. The van der Waals surface area contributed by atoms with Gasteiger partial charge in [0.15, 0.2) is 0 Å². The number of hydrogen-bond acceptors (Lipinski definition) is 8. The van der Waals surface area contributed by atoms with Crippen molar-refractivity contribution < 1.29 is 9.13 Å². The van der Waals surface area contributed by atoms with Crippen LogP contribution in [0.5, 0.6) is 0 Å². The Morgan fingerprint density at radius 3 is 2.48 bits per heavy atom. The fourth-order valence-electron chi connectivity index (χ4n) is 6.00. The highest BCUT2D eigenvalue weighted by Gasteiger charge is 2.29. The number of nitriles is 1. The lowest BCUT2D eigenvalue weighted by Gasteiger charge is -2.41. The standard InChI is InChI=1S/C33H40Cl2FN7O/c1-33(2,3)43-10-6-22(7-11-43)39-19-29(38)31(20-8-12-44-13-9-20)42-24-14-25-30(41-23-4-5-28(36)26(34)15-23)21(17-37)18-40-32(25)27(35)16-24/h4-5,14-16,18-20,22,31,39,42H,6-13,38H2,1-3H3,(H,40,41)/b29-19-. The molecule has 5 N–H and O–H groups in total. The Labute approximate surface area is 268 Å². The number of aromatic nitrogens is 1. The summed E-state index contributed by atoms with van der Waals surface area (Å²) in [6.45, 7) is 10.2. The highest BCUT2D eigenvalue weighted by Crippen LogP contribution is 2.36. The van der Waals surface area contributed by atoms with Crippen LogP contribution in [0.25, 0.3) is 10.9 Å². The molecule has 11 heteroatoms. The predicted molar refractivity (Wildman–Crippen MR) is 177 cm³/mol. The van der Waals surface area contributed by atoms with Crippen LogP contribution in [-0.2, 0) is 4.74 Å². The van der Waals surface area contributed by atoms with Gasteiger partial charge in [-0.1, -0.05) is 23.2 Å². The first-order chi connectivity index (χ1) is 21.0. The third-order valence-corrected chi connectivity index (χ3v) is 9.16. The lowest BCUT2D eigenvalue weighted by Crippen LogP contribution is -2.49. The largest absolute Gasteiger partial charge is 0.399 e. The van der Waals surface area contributed by atoms with Crippen molar-refractivity contribution in [2.75, 3.05) is 36.9 Å². The number of anilines is 3. The van der Waals surface area contributed by atoms with Crippen LogP contribution < -0.4 is 21.7 Å². The first-order valence-corrected chi connectivity index (χ1v) is 15.8. The number of likely N-dealkylation sites (tertiary alicyclic amines) is 1. The van der Waals surface area contributed by atoms with E-state index in [1.165, 1.54) is 18.3 Å².